The van der Waals surface area contributed by atoms with Gasteiger partial charge in [0.15, 0.2) is 0 Å². The summed E-state index contributed by atoms with van der Waals surface area (Å²) < 4.78 is 0. The van der Waals surface area contributed by atoms with Gasteiger partial charge >= 0.3 is 0 Å². The molecule has 0 bridgehead atoms. The number of hydrogen-bond acceptors (Lipinski definition) is 4. The molecule has 0 aromatic heterocycles. The zero-order valence-electron chi connectivity index (χ0n) is 20.8. The highest BCUT2D eigenvalue weighted by Gasteiger charge is 2.15. The van der Waals surface area contributed by atoms with Crippen molar-refractivity contribution >= 4 is 0 Å². The molecule has 4 rings (SSSR count). The molecule has 0 aliphatic carbocycles. The number of rotatable bonds is 13. The number of benzene rings is 4. The maximum atomic E-state index is 10.9. The fourth-order valence-electron chi connectivity index (χ4n) is 4.48. The molecule has 0 spiro atoms. The summed E-state index contributed by atoms with van der Waals surface area (Å²) in [7, 11) is 0. The number of nitrogens with zero attached hydrogens (tertiary/aromatic N) is 1. The summed E-state index contributed by atoms with van der Waals surface area (Å²) in [4.78, 5) is 2.35. The second kappa shape index (κ2) is 13.7. The smallest absolute Gasteiger partial charge is 0.0917 e. The van der Waals surface area contributed by atoms with Crippen LogP contribution in [0.1, 0.15) is 40.0 Å². The first-order valence-electron chi connectivity index (χ1n) is 12.8. The van der Waals surface area contributed by atoms with Crippen molar-refractivity contribution in [3.8, 4) is 0 Å². The minimum atomic E-state index is -0.522. The normalized spacial score (nSPS) is 13.0. The second-order valence-corrected chi connectivity index (χ2v) is 9.37. The third-order valence-corrected chi connectivity index (χ3v) is 6.49. The van der Waals surface area contributed by atoms with E-state index in [1.165, 1.54) is 16.7 Å². The monoisotopic (exact) mass is 479 g/mol. The third-order valence-electron chi connectivity index (χ3n) is 6.49. The predicted molar refractivity (Wildman–Crippen MR) is 148 cm³/mol. The summed E-state index contributed by atoms with van der Waals surface area (Å²) in [5.74, 6) is 0. The molecule has 0 heterocycles. The molecule has 4 aromatic rings. The van der Waals surface area contributed by atoms with Gasteiger partial charge in [-0.3, -0.25) is 4.90 Å². The van der Waals surface area contributed by atoms with Gasteiger partial charge in [-0.25, -0.2) is 0 Å². The molecule has 0 aliphatic heterocycles. The van der Waals surface area contributed by atoms with E-state index in [2.05, 4.69) is 70.9 Å². The van der Waals surface area contributed by atoms with Crippen LogP contribution in [0.15, 0.2) is 115 Å². The lowest BCUT2D eigenvalue weighted by Crippen LogP contribution is -2.30. The first kappa shape index (κ1) is 25.8. The lowest BCUT2D eigenvalue weighted by molar-refractivity contribution is 0.109. The Kier molecular flexibility index (Phi) is 9.83. The van der Waals surface area contributed by atoms with E-state index in [0.717, 1.165) is 43.7 Å². The maximum Gasteiger partial charge on any atom is 0.0917 e. The van der Waals surface area contributed by atoms with Crippen LogP contribution in [0.25, 0.3) is 0 Å². The molecule has 4 aromatic carbocycles. The molecule has 0 aliphatic rings. The van der Waals surface area contributed by atoms with Crippen LogP contribution in [-0.4, -0.2) is 29.6 Å². The zero-order valence-corrected chi connectivity index (χ0v) is 20.8. The number of nitrogens with one attached hydrogen (secondary N) is 1. The largest absolute Gasteiger partial charge is 0.387 e. The van der Waals surface area contributed by atoms with E-state index in [1.54, 1.807) is 0 Å². The maximum absolute atomic E-state index is 10.9. The average molecular weight is 480 g/mol. The summed E-state index contributed by atoms with van der Waals surface area (Å²) in [6.07, 6.45) is 0.423. The van der Waals surface area contributed by atoms with Gasteiger partial charge in [-0.15, -0.1) is 0 Å². The van der Waals surface area contributed by atoms with Crippen molar-refractivity contribution in [3.63, 3.8) is 0 Å². The first-order chi connectivity index (χ1) is 17.7. The molecule has 0 fully saturated rings. The van der Waals surface area contributed by atoms with Crippen molar-refractivity contribution < 1.29 is 5.11 Å². The number of hydrogen-bond donors (Lipinski definition) is 3. The molecule has 0 saturated carbocycles. The zero-order chi connectivity index (χ0) is 25.0. The van der Waals surface area contributed by atoms with Crippen LogP contribution in [-0.2, 0) is 19.5 Å². The second-order valence-electron chi connectivity index (χ2n) is 9.37. The average Bonchev–Trinajstić information content (AvgIpc) is 2.93. The molecule has 2 atom stereocenters. The Morgan fingerprint density at radius 1 is 0.694 bits per heavy atom. The van der Waals surface area contributed by atoms with E-state index in [-0.39, 0.29) is 6.04 Å². The highest BCUT2D eigenvalue weighted by atomic mass is 16.3. The van der Waals surface area contributed by atoms with Gasteiger partial charge in [0.25, 0.3) is 0 Å². The standard InChI is InChI=1S/C32H37N3O/c33-31(29-15-6-2-7-16-29)23-34-22-27-13-10-14-28(21-27)24-35(20-19-26-11-4-1-5-12-26)25-32(36)30-17-8-3-9-18-30/h1-18,21,31-32,34,36H,19-20,22-25,33H2/t31-,32?/m0/s1. The van der Waals surface area contributed by atoms with E-state index in [4.69, 9.17) is 5.73 Å². The molecule has 4 heteroatoms. The van der Waals surface area contributed by atoms with Gasteiger partial charge in [0.2, 0.25) is 0 Å². The lowest BCUT2D eigenvalue weighted by atomic mass is 10.1. The van der Waals surface area contributed by atoms with Gasteiger partial charge in [0.05, 0.1) is 6.10 Å². The molecular weight excluding hydrogens is 442 g/mol. The number of aliphatic hydroxyl groups is 1. The van der Waals surface area contributed by atoms with Gasteiger partial charge in [-0.1, -0.05) is 115 Å². The van der Waals surface area contributed by atoms with Crippen LogP contribution in [0.3, 0.4) is 0 Å². The van der Waals surface area contributed by atoms with E-state index in [0.29, 0.717) is 6.54 Å². The summed E-state index contributed by atoms with van der Waals surface area (Å²) in [5, 5.41) is 14.4. The fourth-order valence-corrected chi connectivity index (χ4v) is 4.48. The molecule has 4 N–H and O–H groups in total. The molecule has 4 nitrogen and oxygen atoms in total. The van der Waals surface area contributed by atoms with Crippen molar-refractivity contribution in [2.75, 3.05) is 19.6 Å². The molecule has 186 valence electrons. The fraction of sp³-hybridized carbons (Fsp3) is 0.250. The predicted octanol–water partition coefficient (Wildman–Crippen LogP) is 5.25. The Balaban J connectivity index is 1.37. The quantitative estimate of drug-likeness (QED) is 0.245. The third kappa shape index (κ3) is 8.14. The van der Waals surface area contributed by atoms with Crippen LogP contribution in [0.4, 0.5) is 0 Å². The van der Waals surface area contributed by atoms with Crippen LogP contribution in [0.5, 0.6) is 0 Å². The van der Waals surface area contributed by atoms with Crippen molar-refractivity contribution in [1.29, 1.82) is 0 Å². The topological polar surface area (TPSA) is 61.5 Å². The van der Waals surface area contributed by atoms with Crippen molar-refractivity contribution in [3.05, 3.63) is 143 Å². The summed E-state index contributed by atoms with van der Waals surface area (Å²) in [6, 6.07) is 39.3. The minimum Gasteiger partial charge on any atom is -0.387 e. The van der Waals surface area contributed by atoms with E-state index >= 15 is 0 Å². The summed E-state index contributed by atoms with van der Waals surface area (Å²) in [5.41, 5.74) is 12.2. The molecule has 0 saturated heterocycles. The van der Waals surface area contributed by atoms with Gasteiger partial charge in [0.1, 0.15) is 0 Å². The van der Waals surface area contributed by atoms with Crippen LogP contribution < -0.4 is 11.1 Å². The van der Waals surface area contributed by atoms with Crippen molar-refractivity contribution in [2.24, 2.45) is 5.73 Å². The Morgan fingerprint density at radius 3 is 1.97 bits per heavy atom. The number of nitrogens with two attached hydrogens (primary N) is 1. The van der Waals surface area contributed by atoms with E-state index < -0.39 is 6.10 Å². The lowest BCUT2D eigenvalue weighted by Gasteiger charge is -2.26. The molecule has 1 unspecified atom stereocenters. The Morgan fingerprint density at radius 2 is 1.28 bits per heavy atom. The Labute approximate surface area is 215 Å². The SMILES string of the molecule is N[C@@H](CNCc1cccc(CN(CCc2ccccc2)CC(O)c2ccccc2)c1)c1ccccc1. The Hall–Kier alpha value is -3.28. The van der Waals surface area contributed by atoms with E-state index in [1.807, 2.05) is 54.6 Å². The van der Waals surface area contributed by atoms with E-state index in [9.17, 15) is 5.11 Å². The molecule has 0 amide bonds. The highest BCUT2D eigenvalue weighted by molar-refractivity contribution is 5.24. The minimum absolute atomic E-state index is 0.0256. The molecule has 0 radical (unpaired) electrons. The van der Waals surface area contributed by atoms with Crippen LogP contribution in [0.2, 0.25) is 0 Å². The molecule has 36 heavy (non-hydrogen) atoms. The van der Waals surface area contributed by atoms with Gasteiger partial charge in [-0.2, -0.15) is 0 Å². The first-order valence-corrected chi connectivity index (χ1v) is 12.8. The molecular formula is C32H37N3O. The van der Waals surface area contributed by atoms with Crippen LogP contribution in [0, 0.1) is 0 Å². The van der Waals surface area contributed by atoms with Crippen molar-refractivity contribution in [2.45, 2.75) is 31.7 Å². The number of aliphatic hydroxyl groups excluding tert-OH is 1. The van der Waals surface area contributed by atoms with Gasteiger partial charge < -0.3 is 16.2 Å². The summed E-state index contributed by atoms with van der Waals surface area (Å²) >= 11 is 0. The summed E-state index contributed by atoms with van der Waals surface area (Å²) in [6.45, 7) is 3.74. The van der Waals surface area contributed by atoms with Gasteiger partial charge in [0, 0.05) is 38.8 Å². The Bertz CT molecular complexity index is 1150. The highest BCUT2D eigenvalue weighted by Crippen LogP contribution is 2.17. The van der Waals surface area contributed by atoms with Crippen LogP contribution >= 0.6 is 0 Å². The van der Waals surface area contributed by atoms with Crippen molar-refractivity contribution in [1.82, 2.24) is 10.2 Å². The van der Waals surface area contributed by atoms with Gasteiger partial charge in [-0.05, 0) is 34.2 Å².